The zero-order chi connectivity index (χ0) is 14.7. The number of tetrazole rings is 1. The zero-order valence-electron chi connectivity index (χ0n) is 12.5. The van der Waals surface area contributed by atoms with Gasteiger partial charge in [-0.3, -0.25) is 0 Å². The van der Waals surface area contributed by atoms with Gasteiger partial charge in [-0.25, -0.2) is 4.68 Å². The van der Waals surface area contributed by atoms with Crippen molar-refractivity contribution in [3.8, 4) is 5.69 Å². The molecule has 0 saturated heterocycles. The molecule has 1 N–H and O–H groups in total. The number of hydrogen-bond acceptors (Lipinski definition) is 5. The van der Waals surface area contributed by atoms with Crippen molar-refractivity contribution in [2.75, 3.05) is 12.4 Å². The Hall–Kier alpha value is -1.95. The first-order chi connectivity index (χ1) is 10.3. The summed E-state index contributed by atoms with van der Waals surface area (Å²) in [7, 11) is 1.81. The fraction of sp³-hybridized carbons (Fsp3) is 0.533. The molecular weight excluding hydrogens is 266 g/mol. The summed E-state index contributed by atoms with van der Waals surface area (Å²) in [5.41, 5.74) is 3.32. The van der Waals surface area contributed by atoms with E-state index in [0.29, 0.717) is 12.1 Å². The highest BCUT2D eigenvalue weighted by molar-refractivity contribution is 5.53. The van der Waals surface area contributed by atoms with Crippen molar-refractivity contribution >= 4 is 5.69 Å². The number of benzene rings is 1. The van der Waals surface area contributed by atoms with Crippen LogP contribution in [0.4, 0.5) is 5.69 Å². The quantitative estimate of drug-likeness (QED) is 0.935. The summed E-state index contributed by atoms with van der Waals surface area (Å²) in [4.78, 5) is 0. The topological polar surface area (TPSA) is 64.9 Å². The molecule has 0 amide bonds. The van der Waals surface area contributed by atoms with Crippen molar-refractivity contribution in [3.63, 3.8) is 0 Å². The Labute approximate surface area is 124 Å². The van der Waals surface area contributed by atoms with Crippen LogP contribution in [0.3, 0.4) is 0 Å². The summed E-state index contributed by atoms with van der Waals surface area (Å²) in [6, 6.07) is 6.83. The SMILES string of the molecule is COC1CCC(Nc2ccc(-n3cnnn3)c(C)c2)CC1. The molecule has 0 atom stereocenters. The van der Waals surface area contributed by atoms with E-state index >= 15 is 0 Å². The molecule has 21 heavy (non-hydrogen) atoms. The number of nitrogens with zero attached hydrogens (tertiary/aromatic N) is 4. The summed E-state index contributed by atoms with van der Waals surface area (Å²) in [6.45, 7) is 2.07. The Kier molecular flexibility index (Phi) is 4.15. The first kappa shape index (κ1) is 14.0. The Morgan fingerprint density at radius 1 is 1.24 bits per heavy atom. The van der Waals surface area contributed by atoms with Crippen LogP contribution in [0.15, 0.2) is 24.5 Å². The van der Waals surface area contributed by atoms with Crippen molar-refractivity contribution < 1.29 is 4.74 Å². The van der Waals surface area contributed by atoms with E-state index in [1.165, 1.54) is 0 Å². The third-order valence-electron chi connectivity index (χ3n) is 4.17. The molecule has 0 radical (unpaired) electrons. The Morgan fingerprint density at radius 2 is 2.05 bits per heavy atom. The average molecular weight is 287 g/mol. The van der Waals surface area contributed by atoms with Gasteiger partial charge in [0.15, 0.2) is 0 Å². The van der Waals surface area contributed by atoms with E-state index in [0.717, 1.165) is 42.6 Å². The highest BCUT2D eigenvalue weighted by Crippen LogP contribution is 2.25. The van der Waals surface area contributed by atoms with Gasteiger partial charge in [-0.05, 0) is 66.8 Å². The van der Waals surface area contributed by atoms with Gasteiger partial charge in [0.1, 0.15) is 6.33 Å². The van der Waals surface area contributed by atoms with Gasteiger partial charge in [-0.1, -0.05) is 0 Å². The van der Waals surface area contributed by atoms with E-state index < -0.39 is 0 Å². The lowest BCUT2D eigenvalue weighted by molar-refractivity contribution is 0.0682. The van der Waals surface area contributed by atoms with E-state index in [1.54, 1.807) is 18.1 Å². The van der Waals surface area contributed by atoms with Gasteiger partial charge in [0.25, 0.3) is 0 Å². The summed E-state index contributed by atoms with van der Waals surface area (Å²) in [5, 5.41) is 14.9. The molecule has 6 heteroatoms. The van der Waals surface area contributed by atoms with Crippen LogP contribution in [-0.4, -0.2) is 39.5 Å². The average Bonchev–Trinajstić information content (AvgIpc) is 3.02. The number of aryl methyl sites for hydroxylation is 1. The predicted octanol–water partition coefficient (Wildman–Crippen LogP) is 2.34. The first-order valence-corrected chi connectivity index (χ1v) is 7.39. The molecule has 0 bridgehead atoms. The first-order valence-electron chi connectivity index (χ1n) is 7.39. The zero-order valence-corrected chi connectivity index (χ0v) is 12.5. The van der Waals surface area contributed by atoms with Crippen molar-refractivity contribution in [2.45, 2.75) is 44.8 Å². The fourth-order valence-electron chi connectivity index (χ4n) is 2.95. The molecule has 1 aliphatic carbocycles. The van der Waals surface area contributed by atoms with Gasteiger partial charge < -0.3 is 10.1 Å². The monoisotopic (exact) mass is 287 g/mol. The molecule has 1 fully saturated rings. The second-order valence-corrected chi connectivity index (χ2v) is 5.61. The van der Waals surface area contributed by atoms with Gasteiger partial charge in [-0.2, -0.15) is 0 Å². The standard InChI is InChI=1S/C15H21N5O/c1-11-9-13(5-8-15(11)20-10-16-18-19-20)17-12-3-6-14(21-2)7-4-12/h5,8-10,12,14,17H,3-4,6-7H2,1-2H3. The molecule has 0 spiro atoms. The van der Waals surface area contributed by atoms with Gasteiger partial charge >= 0.3 is 0 Å². The van der Waals surface area contributed by atoms with Crippen LogP contribution in [0.2, 0.25) is 0 Å². The van der Waals surface area contributed by atoms with E-state index in [4.69, 9.17) is 4.74 Å². The number of aromatic nitrogens is 4. The van der Waals surface area contributed by atoms with Crippen LogP contribution in [0.5, 0.6) is 0 Å². The minimum Gasteiger partial charge on any atom is -0.382 e. The Balaban J connectivity index is 1.66. The van der Waals surface area contributed by atoms with Gasteiger partial charge in [0.05, 0.1) is 11.8 Å². The van der Waals surface area contributed by atoms with E-state index in [2.05, 4.69) is 46.0 Å². The number of ether oxygens (including phenoxy) is 1. The maximum Gasteiger partial charge on any atom is 0.143 e. The van der Waals surface area contributed by atoms with E-state index in [9.17, 15) is 0 Å². The highest BCUT2D eigenvalue weighted by atomic mass is 16.5. The molecule has 112 valence electrons. The largest absolute Gasteiger partial charge is 0.382 e. The van der Waals surface area contributed by atoms with Crippen molar-refractivity contribution in [3.05, 3.63) is 30.1 Å². The smallest absolute Gasteiger partial charge is 0.143 e. The predicted molar refractivity (Wildman–Crippen MR) is 80.6 cm³/mol. The second kappa shape index (κ2) is 6.22. The number of nitrogens with one attached hydrogen (secondary N) is 1. The molecule has 0 aliphatic heterocycles. The van der Waals surface area contributed by atoms with Crippen molar-refractivity contribution in [1.29, 1.82) is 0 Å². The number of methoxy groups -OCH3 is 1. The number of anilines is 1. The molecule has 0 unspecified atom stereocenters. The van der Waals surface area contributed by atoms with Crippen LogP contribution in [0.1, 0.15) is 31.2 Å². The maximum atomic E-state index is 5.42. The Bertz CT molecular complexity index is 576. The molecule has 1 saturated carbocycles. The van der Waals surface area contributed by atoms with Crippen LogP contribution >= 0.6 is 0 Å². The molecule has 1 heterocycles. The molecule has 1 aliphatic rings. The minimum atomic E-state index is 0.437. The highest BCUT2D eigenvalue weighted by Gasteiger charge is 2.20. The number of hydrogen-bond donors (Lipinski definition) is 1. The van der Waals surface area contributed by atoms with Crippen LogP contribution < -0.4 is 5.32 Å². The number of rotatable bonds is 4. The van der Waals surface area contributed by atoms with Crippen LogP contribution in [0.25, 0.3) is 5.69 Å². The van der Waals surface area contributed by atoms with Crippen molar-refractivity contribution in [2.24, 2.45) is 0 Å². The summed E-state index contributed by atoms with van der Waals surface area (Å²) < 4.78 is 7.10. The second-order valence-electron chi connectivity index (χ2n) is 5.61. The van der Waals surface area contributed by atoms with Gasteiger partial charge in [-0.15, -0.1) is 5.10 Å². The van der Waals surface area contributed by atoms with Gasteiger partial charge in [0, 0.05) is 18.8 Å². The van der Waals surface area contributed by atoms with E-state index in [1.807, 2.05) is 0 Å². The normalized spacial score (nSPS) is 22.2. The fourth-order valence-corrected chi connectivity index (χ4v) is 2.95. The lowest BCUT2D eigenvalue weighted by atomic mass is 9.92. The molecule has 1 aromatic carbocycles. The van der Waals surface area contributed by atoms with E-state index in [-0.39, 0.29) is 0 Å². The summed E-state index contributed by atoms with van der Waals surface area (Å²) in [5.74, 6) is 0. The third-order valence-corrected chi connectivity index (χ3v) is 4.17. The molecular formula is C15H21N5O. The van der Waals surface area contributed by atoms with Crippen LogP contribution in [-0.2, 0) is 4.74 Å². The molecule has 2 aromatic rings. The van der Waals surface area contributed by atoms with Crippen molar-refractivity contribution in [1.82, 2.24) is 20.2 Å². The third kappa shape index (κ3) is 3.21. The molecule has 3 rings (SSSR count). The summed E-state index contributed by atoms with van der Waals surface area (Å²) in [6.07, 6.45) is 6.64. The maximum absolute atomic E-state index is 5.42. The lowest BCUT2D eigenvalue weighted by Gasteiger charge is -2.29. The molecule has 6 nitrogen and oxygen atoms in total. The lowest BCUT2D eigenvalue weighted by Crippen LogP contribution is -2.29. The van der Waals surface area contributed by atoms with Gasteiger partial charge in [0.2, 0.25) is 0 Å². The molecule has 1 aromatic heterocycles. The Morgan fingerprint density at radius 3 is 2.67 bits per heavy atom. The summed E-state index contributed by atoms with van der Waals surface area (Å²) >= 11 is 0. The van der Waals surface area contributed by atoms with Crippen LogP contribution in [0, 0.1) is 6.92 Å². The minimum absolute atomic E-state index is 0.437.